The largest absolute Gasteiger partial charge is 0.426 e. The Morgan fingerprint density at radius 2 is 2.04 bits per heavy atom. The van der Waals surface area contributed by atoms with E-state index in [-0.39, 0.29) is 11.8 Å². The van der Waals surface area contributed by atoms with E-state index < -0.39 is 0 Å². The summed E-state index contributed by atoms with van der Waals surface area (Å²) in [7, 11) is 0. The smallest absolute Gasteiger partial charge is 0.256 e. The first-order valence-electron chi connectivity index (χ1n) is 8.39. The average Bonchev–Trinajstić information content (AvgIpc) is 3.02. The van der Waals surface area contributed by atoms with E-state index in [2.05, 4.69) is 20.8 Å². The number of amides is 2. The number of aryl methyl sites for hydroxylation is 1. The zero-order chi connectivity index (χ0) is 18.8. The van der Waals surface area contributed by atoms with Gasteiger partial charge in [0.2, 0.25) is 11.8 Å². The molecule has 1 aromatic heterocycles. The molecule has 0 aliphatic carbocycles. The summed E-state index contributed by atoms with van der Waals surface area (Å²) >= 11 is 1.50. The number of carbonyl (C=O) groups is 2. The summed E-state index contributed by atoms with van der Waals surface area (Å²) in [4.78, 5) is 26.6. The van der Waals surface area contributed by atoms with Gasteiger partial charge in [-0.1, -0.05) is 23.9 Å². The number of anilines is 1. The van der Waals surface area contributed by atoms with Gasteiger partial charge in [-0.2, -0.15) is 0 Å². The number of fused-ring (bicyclic) bond motifs is 2. The number of nitrogens with zero attached hydrogens (tertiary/aromatic N) is 2. The lowest BCUT2D eigenvalue weighted by Crippen LogP contribution is -2.26. The number of benzene rings is 2. The maximum Gasteiger partial charge on any atom is 0.256 e. The molecular weight excluding hydrogens is 364 g/mol. The first-order valence-corrected chi connectivity index (χ1v) is 9.21. The molecule has 1 aliphatic heterocycles. The molecule has 8 heteroatoms. The second-order valence-electron chi connectivity index (χ2n) is 5.98. The SMILES string of the molecule is Cc1nnc(CCNC(=O)c2ccc3c(c2)NC(=O)c2ccccc2S3)o1. The van der Waals surface area contributed by atoms with Crippen molar-refractivity contribution in [1.29, 1.82) is 0 Å². The lowest BCUT2D eigenvalue weighted by atomic mass is 10.1. The molecule has 7 nitrogen and oxygen atoms in total. The summed E-state index contributed by atoms with van der Waals surface area (Å²) in [6, 6.07) is 12.7. The van der Waals surface area contributed by atoms with Crippen LogP contribution in [-0.4, -0.2) is 28.6 Å². The average molecular weight is 380 g/mol. The molecule has 2 heterocycles. The van der Waals surface area contributed by atoms with Crippen molar-refractivity contribution in [2.45, 2.75) is 23.1 Å². The number of carbonyl (C=O) groups excluding carboxylic acids is 2. The molecule has 0 spiro atoms. The summed E-state index contributed by atoms with van der Waals surface area (Å²) < 4.78 is 5.28. The van der Waals surface area contributed by atoms with Crippen molar-refractivity contribution in [2.24, 2.45) is 0 Å². The van der Waals surface area contributed by atoms with Crippen LogP contribution >= 0.6 is 11.8 Å². The van der Waals surface area contributed by atoms with Crippen LogP contribution in [0.4, 0.5) is 5.69 Å². The molecule has 2 aromatic carbocycles. The Bertz CT molecular complexity index is 1030. The molecule has 0 atom stereocenters. The predicted octanol–water partition coefficient (Wildman–Crippen LogP) is 3.07. The monoisotopic (exact) mass is 380 g/mol. The molecule has 2 amide bonds. The van der Waals surface area contributed by atoms with Gasteiger partial charge in [-0.25, -0.2) is 0 Å². The van der Waals surface area contributed by atoms with Crippen molar-refractivity contribution in [1.82, 2.24) is 15.5 Å². The highest BCUT2D eigenvalue weighted by molar-refractivity contribution is 7.99. The third-order valence-corrected chi connectivity index (χ3v) is 5.19. The molecule has 0 fully saturated rings. The Morgan fingerprint density at radius 1 is 1.19 bits per heavy atom. The van der Waals surface area contributed by atoms with Crippen LogP contribution < -0.4 is 10.6 Å². The van der Waals surface area contributed by atoms with Crippen molar-refractivity contribution < 1.29 is 14.0 Å². The molecule has 2 N–H and O–H groups in total. The van der Waals surface area contributed by atoms with Crippen LogP contribution in [0.15, 0.2) is 56.7 Å². The van der Waals surface area contributed by atoms with Gasteiger partial charge in [-0.05, 0) is 30.3 Å². The third kappa shape index (κ3) is 3.70. The van der Waals surface area contributed by atoms with E-state index in [4.69, 9.17) is 4.42 Å². The van der Waals surface area contributed by atoms with Gasteiger partial charge >= 0.3 is 0 Å². The second kappa shape index (κ2) is 7.24. The first-order chi connectivity index (χ1) is 13.1. The third-order valence-electron chi connectivity index (χ3n) is 4.03. The molecule has 27 heavy (non-hydrogen) atoms. The Balaban J connectivity index is 1.47. The lowest BCUT2D eigenvalue weighted by Gasteiger charge is -2.09. The van der Waals surface area contributed by atoms with Gasteiger partial charge in [0.25, 0.3) is 11.8 Å². The van der Waals surface area contributed by atoms with Crippen molar-refractivity contribution in [2.75, 3.05) is 11.9 Å². The van der Waals surface area contributed by atoms with Crippen molar-refractivity contribution in [3.63, 3.8) is 0 Å². The minimum absolute atomic E-state index is 0.179. The molecule has 0 radical (unpaired) electrons. The Morgan fingerprint density at radius 3 is 2.85 bits per heavy atom. The zero-order valence-electron chi connectivity index (χ0n) is 14.5. The van der Waals surface area contributed by atoms with Gasteiger partial charge in [0, 0.05) is 35.2 Å². The van der Waals surface area contributed by atoms with Crippen LogP contribution in [0.5, 0.6) is 0 Å². The second-order valence-corrected chi connectivity index (χ2v) is 7.07. The Labute approximate surface area is 159 Å². The molecule has 4 rings (SSSR count). The minimum atomic E-state index is -0.227. The molecule has 136 valence electrons. The van der Waals surface area contributed by atoms with Crippen LogP contribution in [-0.2, 0) is 6.42 Å². The van der Waals surface area contributed by atoms with E-state index in [1.165, 1.54) is 11.8 Å². The van der Waals surface area contributed by atoms with E-state index in [0.29, 0.717) is 41.6 Å². The fraction of sp³-hybridized carbons (Fsp3) is 0.158. The van der Waals surface area contributed by atoms with E-state index in [9.17, 15) is 9.59 Å². The van der Waals surface area contributed by atoms with Crippen LogP contribution in [0, 0.1) is 6.92 Å². The van der Waals surface area contributed by atoms with E-state index >= 15 is 0 Å². The van der Waals surface area contributed by atoms with Gasteiger partial charge in [-0.15, -0.1) is 10.2 Å². The van der Waals surface area contributed by atoms with E-state index in [1.54, 1.807) is 25.1 Å². The summed E-state index contributed by atoms with van der Waals surface area (Å²) in [5.41, 5.74) is 1.73. The number of rotatable bonds is 4. The predicted molar refractivity (Wildman–Crippen MR) is 100 cm³/mol. The van der Waals surface area contributed by atoms with Crippen molar-refractivity contribution >= 4 is 29.3 Å². The number of hydrogen-bond donors (Lipinski definition) is 2. The highest BCUT2D eigenvalue weighted by Gasteiger charge is 2.20. The molecule has 0 saturated heterocycles. The summed E-state index contributed by atoms with van der Waals surface area (Å²) in [6.07, 6.45) is 0.458. The van der Waals surface area contributed by atoms with Crippen LogP contribution in [0.3, 0.4) is 0 Å². The molecule has 0 bridgehead atoms. The maximum atomic E-state index is 12.4. The molecule has 0 unspecified atom stereocenters. The Hall–Kier alpha value is -3.13. The topological polar surface area (TPSA) is 97.1 Å². The molecule has 0 saturated carbocycles. The summed E-state index contributed by atoms with van der Waals surface area (Å²) in [5, 5.41) is 13.4. The van der Waals surface area contributed by atoms with Crippen molar-refractivity contribution in [3.8, 4) is 0 Å². The number of nitrogens with one attached hydrogen (secondary N) is 2. The zero-order valence-corrected chi connectivity index (χ0v) is 15.3. The number of hydrogen-bond acceptors (Lipinski definition) is 6. The maximum absolute atomic E-state index is 12.4. The van der Waals surface area contributed by atoms with Crippen LogP contribution in [0.25, 0.3) is 0 Å². The fourth-order valence-electron chi connectivity index (χ4n) is 2.73. The first kappa shape index (κ1) is 17.3. The minimum Gasteiger partial charge on any atom is -0.426 e. The fourth-order valence-corrected chi connectivity index (χ4v) is 3.74. The summed E-state index contributed by atoms with van der Waals surface area (Å²) in [6.45, 7) is 2.10. The van der Waals surface area contributed by atoms with Gasteiger partial charge < -0.3 is 15.1 Å². The normalized spacial score (nSPS) is 12.6. The quantitative estimate of drug-likeness (QED) is 0.722. The van der Waals surface area contributed by atoms with Crippen LogP contribution in [0.1, 0.15) is 32.5 Å². The standard InChI is InChI=1S/C19H16N4O3S/c1-11-22-23-17(26-11)8-9-20-18(24)12-6-7-16-14(10-12)21-19(25)13-4-2-3-5-15(13)27-16/h2-7,10H,8-9H2,1H3,(H,20,24)(H,21,25). The summed E-state index contributed by atoms with van der Waals surface area (Å²) in [5.74, 6) is 0.573. The van der Waals surface area contributed by atoms with E-state index in [1.807, 2.05) is 24.3 Å². The molecular formula is C19H16N4O3S. The van der Waals surface area contributed by atoms with Gasteiger partial charge in [-0.3, -0.25) is 9.59 Å². The van der Waals surface area contributed by atoms with Gasteiger partial charge in [0.15, 0.2) is 0 Å². The number of aromatic nitrogens is 2. The molecule has 1 aliphatic rings. The van der Waals surface area contributed by atoms with Crippen molar-refractivity contribution in [3.05, 3.63) is 65.4 Å². The Kier molecular flexibility index (Phi) is 4.64. The van der Waals surface area contributed by atoms with Gasteiger partial charge in [0.05, 0.1) is 11.3 Å². The van der Waals surface area contributed by atoms with Crippen LogP contribution in [0.2, 0.25) is 0 Å². The van der Waals surface area contributed by atoms with E-state index in [0.717, 1.165) is 9.79 Å². The van der Waals surface area contributed by atoms with Gasteiger partial charge in [0.1, 0.15) is 0 Å². The highest BCUT2D eigenvalue weighted by atomic mass is 32.2. The highest BCUT2D eigenvalue weighted by Crippen LogP contribution is 2.38. The molecule has 3 aromatic rings. The lowest BCUT2D eigenvalue weighted by molar-refractivity contribution is 0.0952.